The fourth-order valence-corrected chi connectivity index (χ4v) is 1.84. The second kappa shape index (κ2) is 21.4. The molecule has 0 aromatic rings. The van der Waals surface area contributed by atoms with E-state index < -0.39 is 0 Å². The van der Waals surface area contributed by atoms with Crippen LogP contribution in [-0.2, 0) is 16.3 Å². The van der Waals surface area contributed by atoms with Crippen LogP contribution in [0.15, 0.2) is 0 Å². The number of hydrogen-bond donors (Lipinski definition) is 0. The van der Waals surface area contributed by atoms with Crippen molar-refractivity contribution >= 4 is 13.6 Å². The van der Waals surface area contributed by atoms with E-state index in [0.29, 0.717) is 0 Å². The van der Waals surface area contributed by atoms with Gasteiger partial charge in [-0.1, -0.05) is 71.1 Å². The third-order valence-corrected chi connectivity index (χ3v) is 2.85. The monoisotopic (exact) mass is 340 g/mol. The van der Waals surface area contributed by atoms with Crippen LogP contribution in [-0.4, -0.2) is 0 Å². The van der Waals surface area contributed by atoms with E-state index in [1.807, 2.05) is 0 Å². The summed E-state index contributed by atoms with van der Waals surface area (Å²) in [6.07, 6.45) is 18.1. The van der Waals surface area contributed by atoms with Crippen LogP contribution in [0.5, 0.6) is 0 Å². The molecule has 0 aromatic heterocycles. The van der Waals surface area contributed by atoms with E-state index in [1.165, 1.54) is 87.0 Å². The van der Waals surface area contributed by atoms with Crippen molar-refractivity contribution in [2.45, 2.75) is 84.5 Å². The van der Waals surface area contributed by atoms with Gasteiger partial charge < -0.3 is 6.42 Å². The van der Waals surface area contributed by atoms with Crippen molar-refractivity contribution in [3.8, 4) is 0 Å². The fourth-order valence-electron chi connectivity index (χ4n) is 1.84. The summed E-state index contributed by atoms with van der Waals surface area (Å²) in [5, 5.41) is 0. The predicted octanol–water partition coefficient (Wildman–Crippen LogP) is 6.36. The van der Waals surface area contributed by atoms with Crippen LogP contribution < -0.4 is 0 Å². The summed E-state index contributed by atoms with van der Waals surface area (Å²) in [6, 6.07) is 0. The van der Waals surface area contributed by atoms with Gasteiger partial charge in [0, 0.05) is 0 Å². The molecule has 0 aliphatic carbocycles. The zero-order chi connectivity index (χ0) is 12.5. The average Bonchev–Trinajstić information content (AvgIpc) is 2.34. The molecule has 16 heavy (non-hydrogen) atoms. The van der Waals surface area contributed by atoms with Crippen LogP contribution in [0.25, 0.3) is 0 Å². The minimum absolute atomic E-state index is 1.19. The Hall–Kier alpha value is 1.10. The van der Waals surface area contributed by atoms with E-state index in [2.05, 4.69) is 33.9 Å². The molecule has 0 saturated carbocycles. The molecule has 0 aromatic carbocycles. The van der Waals surface area contributed by atoms with Crippen molar-refractivity contribution in [3.63, 3.8) is 0 Å². The van der Waals surface area contributed by atoms with Gasteiger partial charge in [-0.25, -0.2) is 0 Å². The normalized spacial score (nSPS) is 9.81. The molecule has 0 aliphatic heterocycles. The number of unbranched alkanes of at least 4 members (excludes halogenated alkanes) is 11. The van der Waals surface area contributed by atoms with Gasteiger partial charge in [-0.15, -0.1) is 0 Å². The molecule has 0 bridgehead atoms. The van der Waals surface area contributed by atoms with Gasteiger partial charge in [0.15, 0.2) is 0 Å². The Morgan fingerprint density at radius 3 is 1.50 bits per heavy atom. The number of hydrogen-bond acceptors (Lipinski definition) is 0. The molecular weight excluding hydrogens is 313 g/mol. The van der Waals surface area contributed by atoms with Crippen LogP contribution in [0.4, 0.5) is 0 Å². The first kappa shape index (κ1) is 19.4. The minimum atomic E-state index is 1.19. The fraction of sp³-hybridized carbons (Fsp3) is 0.929. The predicted molar refractivity (Wildman–Crippen MR) is 75.4 cm³/mol. The average molecular weight is 343 g/mol. The van der Waals surface area contributed by atoms with Crippen LogP contribution in [0, 0.1) is 6.42 Å². The van der Waals surface area contributed by atoms with Crippen molar-refractivity contribution in [2.75, 3.05) is 0 Å². The van der Waals surface area contributed by atoms with Crippen molar-refractivity contribution < 1.29 is 16.3 Å². The molecule has 0 rings (SSSR count). The van der Waals surface area contributed by atoms with Gasteiger partial charge in [0.05, 0.1) is 0 Å². The Morgan fingerprint density at radius 1 is 0.750 bits per heavy atom. The molecule has 0 heterocycles. The van der Waals surface area contributed by atoms with Gasteiger partial charge in [0.2, 0.25) is 0 Å². The van der Waals surface area contributed by atoms with Gasteiger partial charge in [-0.3, -0.25) is 0 Å². The molecule has 0 atom stereocenters. The molecule has 0 amide bonds. The second-order valence-electron chi connectivity index (χ2n) is 4.38. The van der Waals surface area contributed by atoms with Crippen LogP contribution in [0.3, 0.4) is 0 Å². The van der Waals surface area contributed by atoms with E-state index in [-0.39, 0.29) is 0 Å². The topological polar surface area (TPSA) is 0 Å². The molecule has 0 spiro atoms. The van der Waals surface area contributed by atoms with Crippen molar-refractivity contribution in [1.29, 1.82) is 0 Å². The zero-order valence-electron chi connectivity index (χ0n) is 11.4. The van der Waals surface area contributed by atoms with E-state index in [0.717, 1.165) is 0 Å². The van der Waals surface area contributed by atoms with Gasteiger partial charge >= 0.3 is 30.0 Å². The Kier molecular flexibility index (Phi) is 26.0. The molecule has 0 aliphatic rings. The van der Waals surface area contributed by atoms with Crippen molar-refractivity contribution in [3.05, 3.63) is 6.42 Å². The molecule has 2 heteroatoms. The molecule has 0 N–H and O–H groups in total. The molecule has 0 saturated heterocycles. The van der Waals surface area contributed by atoms with E-state index in [9.17, 15) is 0 Å². The summed E-state index contributed by atoms with van der Waals surface area (Å²) in [6.45, 7) is 4.44. The maximum atomic E-state index is 3.06. The summed E-state index contributed by atoms with van der Waals surface area (Å²) in [5.41, 5.74) is 0. The van der Waals surface area contributed by atoms with Crippen LogP contribution in [0.1, 0.15) is 84.5 Å². The van der Waals surface area contributed by atoms with Gasteiger partial charge in [-0.05, 0) is 0 Å². The Balaban J connectivity index is 0. The number of halogens is 1. The summed E-state index contributed by atoms with van der Waals surface area (Å²) in [5.74, 6) is 0. The van der Waals surface area contributed by atoms with E-state index in [1.54, 1.807) is 0 Å². The van der Waals surface area contributed by atoms with Crippen LogP contribution >= 0.6 is 13.6 Å². The second-order valence-corrected chi connectivity index (χ2v) is 4.38. The first-order valence-electron chi connectivity index (χ1n) is 6.96. The quantitative estimate of drug-likeness (QED) is 0.233. The molecule has 0 unspecified atom stereocenters. The SMILES string of the molecule is C[CH-]CCCCCCCCCCCC.[Zn+][Br]. The number of rotatable bonds is 11. The molecule has 0 fully saturated rings. The third kappa shape index (κ3) is 20.5. The zero-order valence-corrected chi connectivity index (χ0v) is 16.0. The van der Waals surface area contributed by atoms with Gasteiger partial charge in [0.25, 0.3) is 0 Å². The Morgan fingerprint density at radius 2 is 1.12 bits per heavy atom. The molecule has 0 nitrogen and oxygen atoms in total. The third-order valence-electron chi connectivity index (χ3n) is 2.85. The summed E-state index contributed by atoms with van der Waals surface area (Å²) < 4.78 is 0. The molecular formula is C14H29BrZn. The van der Waals surface area contributed by atoms with Gasteiger partial charge in [0.1, 0.15) is 0 Å². The Bertz CT molecular complexity index is 84.7. The Labute approximate surface area is 120 Å². The standard InChI is InChI=1S/C14H29.BrH.Zn/c1-3-5-7-9-11-13-14-12-10-8-6-4-2;;/h3H,4-14H2,1-2H3;1H;/q-1;;+2/p-1. The maximum absolute atomic E-state index is 3.06. The van der Waals surface area contributed by atoms with Crippen molar-refractivity contribution in [1.82, 2.24) is 0 Å². The van der Waals surface area contributed by atoms with Crippen LogP contribution in [0.2, 0.25) is 0 Å². The first-order chi connectivity index (χ1) is 7.91. The van der Waals surface area contributed by atoms with Gasteiger partial charge in [-0.2, -0.15) is 13.3 Å². The summed E-state index contributed by atoms with van der Waals surface area (Å²) in [7, 11) is 0. The summed E-state index contributed by atoms with van der Waals surface area (Å²) in [4.78, 5) is 0. The van der Waals surface area contributed by atoms with Crippen molar-refractivity contribution in [2.24, 2.45) is 0 Å². The molecule has 94 valence electrons. The van der Waals surface area contributed by atoms with E-state index in [4.69, 9.17) is 0 Å². The first-order valence-corrected chi connectivity index (χ1v) is 13.9. The van der Waals surface area contributed by atoms with E-state index >= 15 is 0 Å². The summed E-state index contributed by atoms with van der Waals surface area (Å²) >= 11 is 4.25. The molecule has 0 radical (unpaired) electrons.